The Morgan fingerprint density at radius 2 is 1.69 bits per heavy atom. The second kappa shape index (κ2) is 18.7. The minimum atomic E-state index is -1.37. The number of rotatable bonds is 18. The van der Waals surface area contributed by atoms with Gasteiger partial charge < -0.3 is 48.1 Å². The van der Waals surface area contributed by atoms with Gasteiger partial charge in [-0.3, -0.25) is 0 Å². The molecule has 1 heterocycles. The van der Waals surface area contributed by atoms with Gasteiger partial charge in [0.1, 0.15) is 29.5 Å². The third-order valence-corrected chi connectivity index (χ3v) is 9.27. The van der Waals surface area contributed by atoms with Gasteiger partial charge in [0.05, 0.1) is 39.1 Å². The highest BCUT2D eigenvalue weighted by Gasteiger charge is 2.43. The second-order valence-corrected chi connectivity index (χ2v) is 19.1. The molecule has 0 spiro atoms. The monoisotopic (exact) mass is 686 g/mol. The molecule has 3 rings (SSSR count). The van der Waals surface area contributed by atoms with E-state index in [1.165, 1.54) is 7.11 Å². The van der Waals surface area contributed by atoms with Gasteiger partial charge in [-0.1, -0.05) is 55.8 Å². The van der Waals surface area contributed by atoms with Crippen LogP contribution >= 0.6 is 0 Å². The zero-order valence-electron chi connectivity index (χ0n) is 29.9. The molecule has 2 N–H and O–H groups in total. The lowest BCUT2D eigenvalue weighted by Crippen LogP contribution is -2.34. The van der Waals surface area contributed by atoms with Gasteiger partial charge in [-0.15, -0.1) is 0 Å². The van der Waals surface area contributed by atoms with E-state index in [0.29, 0.717) is 48.9 Å². The fourth-order valence-electron chi connectivity index (χ4n) is 5.01. The second-order valence-electron chi connectivity index (χ2n) is 13.5. The van der Waals surface area contributed by atoms with Crippen LogP contribution in [0.3, 0.4) is 0 Å². The van der Waals surface area contributed by atoms with Crippen LogP contribution < -0.4 is 14.2 Å². The summed E-state index contributed by atoms with van der Waals surface area (Å²) < 4.78 is 45.6. The Kier molecular flexibility index (Phi) is 15.4. The minimum Gasteiger partial charge on any atom is -0.497 e. The fraction of sp³-hybridized carbons (Fsp3) is 0.568. The summed E-state index contributed by atoms with van der Waals surface area (Å²) in [5.74, 6) is 6.78. The molecule has 5 atom stereocenters. The molecule has 2 unspecified atom stereocenters. The summed E-state index contributed by atoms with van der Waals surface area (Å²) in [6, 6.07) is 12.1. The molecule has 11 heteroatoms. The van der Waals surface area contributed by atoms with Gasteiger partial charge in [0.25, 0.3) is 0 Å². The molecule has 48 heavy (non-hydrogen) atoms. The molecule has 1 fully saturated rings. The van der Waals surface area contributed by atoms with Crippen LogP contribution in [0.15, 0.2) is 42.5 Å². The molecule has 1 aliphatic rings. The molecule has 0 amide bonds. The predicted molar refractivity (Wildman–Crippen MR) is 188 cm³/mol. The van der Waals surface area contributed by atoms with Gasteiger partial charge >= 0.3 is 0 Å². The maximum absolute atomic E-state index is 11.2. The van der Waals surface area contributed by atoms with Crippen molar-refractivity contribution in [3.8, 4) is 29.1 Å². The van der Waals surface area contributed by atoms with Gasteiger partial charge in [-0.2, -0.15) is 0 Å². The third-order valence-electron chi connectivity index (χ3n) is 7.56. The highest BCUT2D eigenvalue weighted by Crippen LogP contribution is 2.36. The molecule has 0 aromatic heterocycles. The quantitative estimate of drug-likeness (QED) is 0.107. The van der Waals surface area contributed by atoms with Crippen LogP contribution in [0, 0.1) is 17.8 Å². The summed E-state index contributed by atoms with van der Waals surface area (Å²) >= 11 is 0. The summed E-state index contributed by atoms with van der Waals surface area (Å²) in [6.07, 6.45) is 0.724. The normalized spacial score (nSPS) is 19.4. The molecule has 0 aliphatic carbocycles. The van der Waals surface area contributed by atoms with Crippen molar-refractivity contribution in [2.24, 2.45) is 5.92 Å². The Morgan fingerprint density at radius 1 is 0.979 bits per heavy atom. The lowest BCUT2D eigenvalue weighted by Gasteiger charge is -2.22. The fourth-order valence-corrected chi connectivity index (χ4v) is 5.74. The highest BCUT2D eigenvalue weighted by atomic mass is 28.3. The molecule has 0 saturated carbocycles. The number of aliphatic hydroxyl groups excluding tert-OH is 2. The first-order valence-electron chi connectivity index (χ1n) is 16.3. The summed E-state index contributed by atoms with van der Waals surface area (Å²) in [5.41, 5.74) is 2.16. The van der Waals surface area contributed by atoms with E-state index in [1.54, 1.807) is 20.3 Å². The molecule has 0 bridgehead atoms. The SMILES string of the molecule is COCOc1cc(OC)cc(/C=C/C[C@H]2OC(C)(C)O[C@@H]2C(O)C#C[C@@H](C)COCc2ccc(OC)cc2)c1C(O)OCC[Si](C)(C)C. The molecule has 2 aromatic carbocycles. The Morgan fingerprint density at radius 3 is 2.33 bits per heavy atom. The average molecular weight is 687 g/mol. The summed E-state index contributed by atoms with van der Waals surface area (Å²) in [6.45, 7) is 13.6. The largest absolute Gasteiger partial charge is 0.497 e. The van der Waals surface area contributed by atoms with Crippen LogP contribution in [-0.2, 0) is 30.3 Å². The Bertz CT molecular complexity index is 1360. The summed E-state index contributed by atoms with van der Waals surface area (Å²) in [4.78, 5) is 0. The number of ether oxygens (including phenoxy) is 8. The van der Waals surface area contributed by atoms with Crippen molar-refractivity contribution in [1.82, 2.24) is 0 Å². The number of hydrogen-bond acceptors (Lipinski definition) is 10. The number of aliphatic hydroxyl groups is 2. The van der Waals surface area contributed by atoms with Gasteiger partial charge in [-0.25, -0.2) is 0 Å². The van der Waals surface area contributed by atoms with Crippen LogP contribution in [0.4, 0.5) is 0 Å². The Balaban J connectivity index is 1.71. The van der Waals surface area contributed by atoms with E-state index in [9.17, 15) is 10.2 Å². The topological polar surface area (TPSA) is 114 Å². The Hall–Kier alpha value is -2.92. The highest BCUT2D eigenvalue weighted by molar-refractivity contribution is 6.76. The lowest BCUT2D eigenvalue weighted by atomic mass is 10.0. The standard InChI is InChI=1S/C37H54O10Si/c1-26(23-43-24-27-14-16-29(41-5)17-15-27)13-18-31(38)35-32(46-37(2,3)47-35)12-10-11-28-21-30(42-6)22-33(45-25-40-4)34(28)36(39)44-19-20-48(7,8)9/h10-11,14-17,21-22,26,31-32,35-36,38-39H,12,19-20,23-25H2,1-9H3/b11-10+/t26-,31?,32-,35-,36?/m1/s1. The van der Waals surface area contributed by atoms with Gasteiger partial charge in [0.15, 0.2) is 18.9 Å². The summed E-state index contributed by atoms with van der Waals surface area (Å²) in [7, 11) is 3.36. The van der Waals surface area contributed by atoms with E-state index >= 15 is 0 Å². The minimum absolute atomic E-state index is 0.0126. The first kappa shape index (κ1) is 39.5. The molecule has 0 radical (unpaired) electrons. The molecule has 266 valence electrons. The predicted octanol–water partition coefficient (Wildman–Crippen LogP) is 6.17. The number of methoxy groups -OCH3 is 3. The molecular weight excluding hydrogens is 632 g/mol. The average Bonchev–Trinajstić information content (AvgIpc) is 3.35. The van der Waals surface area contributed by atoms with E-state index in [0.717, 1.165) is 17.4 Å². The Labute approximate surface area is 287 Å². The van der Waals surface area contributed by atoms with Crippen molar-refractivity contribution < 1.29 is 48.1 Å². The lowest BCUT2D eigenvalue weighted by molar-refractivity contribution is -0.151. The van der Waals surface area contributed by atoms with Gasteiger partial charge in [0, 0.05) is 33.8 Å². The van der Waals surface area contributed by atoms with Crippen LogP contribution in [0.2, 0.25) is 25.7 Å². The van der Waals surface area contributed by atoms with E-state index in [2.05, 4.69) is 31.5 Å². The first-order chi connectivity index (χ1) is 22.7. The zero-order chi connectivity index (χ0) is 35.3. The maximum Gasteiger partial charge on any atom is 0.188 e. The third kappa shape index (κ3) is 12.8. The number of benzene rings is 2. The smallest absolute Gasteiger partial charge is 0.188 e. The number of hydrogen-bond donors (Lipinski definition) is 2. The van der Waals surface area contributed by atoms with Crippen LogP contribution in [-0.4, -0.2) is 83.7 Å². The van der Waals surface area contributed by atoms with Crippen molar-refractivity contribution in [2.75, 3.05) is 41.3 Å². The summed E-state index contributed by atoms with van der Waals surface area (Å²) in [5, 5.41) is 22.2. The van der Waals surface area contributed by atoms with E-state index in [-0.39, 0.29) is 12.7 Å². The van der Waals surface area contributed by atoms with Gasteiger partial charge in [-0.05, 0) is 62.6 Å². The van der Waals surface area contributed by atoms with E-state index in [1.807, 2.05) is 63.3 Å². The van der Waals surface area contributed by atoms with E-state index < -0.39 is 38.5 Å². The van der Waals surface area contributed by atoms with Crippen LogP contribution in [0.1, 0.15) is 50.2 Å². The van der Waals surface area contributed by atoms with E-state index in [4.69, 9.17) is 37.9 Å². The molecule has 2 aromatic rings. The molecular formula is C37H54O10Si. The maximum atomic E-state index is 11.2. The molecule has 1 saturated heterocycles. The van der Waals surface area contributed by atoms with Crippen molar-refractivity contribution in [1.29, 1.82) is 0 Å². The van der Waals surface area contributed by atoms with Crippen molar-refractivity contribution in [2.45, 2.75) is 89.9 Å². The van der Waals surface area contributed by atoms with Crippen molar-refractivity contribution in [3.63, 3.8) is 0 Å². The molecule has 1 aliphatic heterocycles. The van der Waals surface area contributed by atoms with Crippen LogP contribution in [0.5, 0.6) is 17.2 Å². The molecule has 10 nitrogen and oxygen atoms in total. The zero-order valence-corrected chi connectivity index (χ0v) is 30.9. The van der Waals surface area contributed by atoms with Crippen molar-refractivity contribution in [3.05, 3.63) is 59.2 Å². The van der Waals surface area contributed by atoms with Gasteiger partial charge in [0.2, 0.25) is 0 Å². The van der Waals surface area contributed by atoms with Crippen molar-refractivity contribution >= 4 is 14.1 Å². The van der Waals surface area contributed by atoms with Crippen LogP contribution in [0.25, 0.3) is 6.08 Å². The first-order valence-corrected chi connectivity index (χ1v) is 20.0.